The van der Waals surface area contributed by atoms with Gasteiger partial charge >= 0.3 is 6.36 Å². The van der Waals surface area contributed by atoms with Crippen LogP contribution >= 0.6 is 0 Å². The Kier molecular flexibility index (Phi) is 4.73. The van der Waals surface area contributed by atoms with Crippen LogP contribution in [0, 0.1) is 0 Å². The van der Waals surface area contributed by atoms with Crippen LogP contribution in [0.4, 0.5) is 24.8 Å². The number of carbonyl (C=O) groups excluding carboxylic acids is 1. The van der Waals surface area contributed by atoms with Crippen molar-refractivity contribution in [2.75, 3.05) is 23.3 Å². The first-order valence-electron chi connectivity index (χ1n) is 7.65. The number of alkyl halides is 3. The van der Waals surface area contributed by atoms with Gasteiger partial charge < -0.3 is 15.0 Å². The SMILES string of the molecule is O=C(Nc1cc(N2CCCC2)ncn1)c1ccc(OC(F)(F)F)cc1. The molecule has 2 heterocycles. The fourth-order valence-electron chi connectivity index (χ4n) is 2.53. The molecule has 0 unspecified atom stereocenters. The van der Waals surface area contributed by atoms with E-state index in [4.69, 9.17) is 0 Å². The molecule has 1 saturated heterocycles. The monoisotopic (exact) mass is 352 g/mol. The zero-order valence-electron chi connectivity index (χ0n) is 13.1. The zero-order valence-corrected chi connectivity index (χ0v) is 13.1. The molecule has 3 rings (SSSR count). The standard InChI is InChI=1S/C16H15F3N4O2/c17-16(18,19)25-12-5-3-11(4-6-12)15(24)22-13-9-14(21-10-20-13)23-7-1-2-8-23/h3-6,9-10H,1-2,7-8H2,(H,20,21,22,24). The lowest BCUT2D eigenvalue weighted by Gasteiger charge is -2.16. The molecule has 1 amide bonds. The summed E-state index contributed by atoms with van der Waals surface area (Å²) in [4.78, 5) is 22.5. The number of amides is 1. The highest BCUT2D eigenvalue weighted by atomic mass is 19.4. The number of nitrogens with one attached hydrogen (secondary N) is 1. The van der Waals surface area contributed by atoms with Gasteiger partial charge in [0.05, 0.1) is 0 Å². The third-order valence-corrected chi connectivity index (χ3v) is 3.67. The molecule has 1 aliphatic heterocycles. The lowest BCUT2D eigenvalue weighted by atomic mass is 10.2. The number of anilines is 2. The molecule has 1 aromatic heterocycles. The fraction of sp³-hybridized carbons (Fsp3) is 0.312. The minimum atomic E-state index is -4.77. The highest BCUT2D eigenvalue weighted by Crippen LogP contribution is 2.23. The van der Waals surface area contributed by atoms with Crippen LogP contribution < -0.4 is 15.0 Å². The summed E-state index contributed by atoms with van der Waals surface area (Å²) in [5.74, 6) is 0.196. The molecule has 2 aromatic rings. The van der Waals surface area contributed by atoms with E-state index in [9.17, 15) is 18.0 Å². The third kappa shape index (κ3) is 4.59. The molecule has 9 heteroatoms. The number of aromatic nitrogens is 2. The maximum absolute atomic E-state index is 12.2. The second-order valence-electron chi connectivity index (χ2n) is 5.48. The predicted octanol–water partition coefficient (Wildman–Crippen LogP) is 3.23. The van der Waals surface area contributed by atoms with Gasteiger partial charge in [-0.15, -0.1) is 13.2 Å². The maximum atomic E-state index is 12.2. The van der Waals surface area contributed by atoms with Crippen LogP contribution in [-0.2, 0) is 0 Å². The number of benzene rings is 1. The number of carbonyl (C=O) groups is 1. The van der Waals surface area contributed by atoms with Crippen LogP contribution in [0.15, 0.2) is 36.7 Å². The first-order chi connectivity index (χ1) is 11.9. The molecule has 1 fully saturated rings. The Hall–Kier alpha value is -2.84. The number of halogens is 3. The number of hydrogen-bond acceptors (Lipinski definition) is 5. The molecule has 6 nitrogen and oxygen atoms in total. The average Bonchev–Trinajstić information content (AvgIpc) is 3.09. The first kappa shape index (κ1) is 17.0. The average molecular weight is 352 g/mol. The van der Waals surface area contributed by atoms with E-state index in [0.717, 1.165) is 43.9 Å². The van der Waals surface area contributed by atoms with E-state index in [1.807, 2.05) is 0 Å². The van der Waals surface area contributed by atoms with Gasteiger partial charge in [-0.05, 0) is 37.1 Å². The van der Waals surface area contributed by atoms with E-state index in [1.165, 1.54) is 18.5 Å². The Morgan fingerprint density at radius 1 is 1.12 bits per heavy atom. The summed E-state index contributed by atoms with van der Waals surface area (Å²) in [5.41, 5.74) is 0.191. The van der Waals surface area contributed by atoms with E-state index < -0.39 is 12.3 Å². The molecule has 0 bridgehead atoms. The van der Waals surface area contributed by atoms with Crippen molar-refractivity contribution in [1.82, 2.24) is 9.97 Å². The Balaban J connectivity index is 1.66. The first-order valence-corrected chi connectivity index (χ1v) is 7.65. The van der Waals surface area contributed by atoms with Crippen molar-refractivity contribution in [2.45, 2.75) is 19.2 Å². The van der Waals surface area contributed by atoms with Crippen molar-refractivity contribution in [2.24, 2.45) is 0 Å². The van der Waals surface area contributed by atoms with Crippen LogP contribution in [0.1, 0.15) is 23.2 Å². The molecule has 25 heavy (non-hydrogen) atoms. The molecule has 0 spiro atoms. The van der Waals surface area contributed by atoms with Crippen molar-refractivity contribution >= 4 is 17.5 Å². The lowest BCUT2D eigenvalue weighted by molar-refractivity contribution is -0.274. The third-order valence-electron chi connectivity index (χ3n) is 3.67. The molecule has 1 aliphatic rings. The summed E-state index contributed by atoms with van der Waals surface area (Å²) >= 11 is 0. The smallest absolute Gasteiger partial charge is 0.406 e. The highest BCUT2D eigenvalue weighted by Gasteiger charge is 2.31. The highest BCUT2D eigenvalue weighted by molar-refractivity contribution is 6.03. The number of rotatable bonds is 4. The molecule has 0 radical (unpaired) electrons. The van der Waals surface area contributed by atoms with Crippen molar-refractivity contribution in [3.63, 3.8) is 0 Å². The van der Waals surface area contributed by atoms with Crippen LogP contribution in [0.5, 0.6) is 5.75 Å². The van der Waals surface area contributed by atoms with Gasteiger partial charge in [-0.25, -0.2) is 9.97 Å². The Labute approximate surface area is 141 Å². The fourth-order valence-corrected chi connectivity index (χ4v) is 2.53. The molecule has 0 atom stereocenters. The van der Waals surface area contributed by atoms with Crippen LogP contribution in [0.2, 0.25) is 0 Å². The lowest BCUT2D eigenvalue weighted by Crippen LogP contribution is -2.20. The van der Waals surface area contributed by atoms with Gasteiger partial charge in [0, 0.05) is 24.7 Å². The van der Waals surface area contributed by atoms with Gasteiger partial charge in [0.1, 0.15) is 23.7 Å². The number of hydrogen-bond donors (Lipinski definition) is 1. The maximum Gasteiger partial charge on any atom is 0.573 e. The number of nitrogens with zero attached hydrogens (tertiary/aromatic N) is 3. The molecule has 0 saturated carbocycles. The second-order valence-corrected chi connectivity index (χ2v) is 5.48. The van der Waals surface area contributed by atoms with Gasteiger partial charge in [-0.3, -0.25) is 4.79 Å². The van der Waals surface area contributed by atoms with E-state index in [-0.39, 0.29) is 11.3 Å². The quantitative estimate of drug-likeness (QED) is 0.915. The van der Waals surface area contributed by atoms with Gasteiger partial charge in [0.15, 0.2) is 0 Å². The Morgan fingerprint density at radius 3 is 2.44 bits per heavy atom. The molecular weight excluding hydrogens is 337 g/mol. The van der Waals surface area contributed by atoms with Crippen molar-refractivity contribution in [3.8, 4) is 5.75 Å². The zero-order chi connectivity index (χ0) is 17.9. The van der Waals surface area contributed by atoms with E-state index >= 15 is 0 Å². The number of ether oxygens (including phenoxy) is 1. The summed E-state index contributed by atoms with van der Waals surface area (Å²) in [5, 5.41) is 2.61. The Morgan fingerprint density at radius 2 is 1.80 bits per heavy atom. The van der Waals surface area contributed by atoms with E-state index in [2.05, 4.69) is 24.9 Å². The van der Waals surface area contributed by atoms with Gasteiger partial charge in [0.25, 0.3) is 5.91 Å². The van der Waals surface area contributed by atoms with Gasteiger partial charge in [-0.2, -0.15) is 0 Å². The Bertz CT molecular complexity index is 744. The molecule has 1 N–H and O–H groups in total. The molecule has 0 aliphatic carbocycles. The molecule has 132 valence electrons. The minimum Gasteiger partial charge on any atom is -0.406 e. The van der Waals surface area contributed by atoms with Crippen LogP contribution in [-0.4, -0.2) is 35.3 Å². The molecule has 1 aromatic carbocycles. The van der Waals surface area contributed by atoms with E-state index in [0.29, 0.717) is 5.82 Å². The van der Waals surface area contributed by atoms with E-state index in [1.54, 1.807) is 6.07 Å². The summed E-state index contributed by atoms with van der Waals surface area (Å²) in [6, 6.07) is 6.33. The summed E-state index contributed by atoms with van der Waals surface area (Å²) < 4.78 is 40.2. The second kappa shape index (κ2) is 6.96. The largest absolute Gasteiger partial charge is 0.573 e. The summed E-state index contributed by atoms with van der Waals surface area (Å²) in [7, 11) is 0. The summed E-state index contributed by atoms with van der Waals surface area (Å²) in [6.45, 7) is 1.82. The summed E-state index contributed by atoms with van der Waals surface area (Å²) in [6.07, 6.45) is -1.21. The minimum absolute atomic E-state index is 0.191. The predicted molar refractivity (Wildman–Crippen MR) is 84.6 cm³/mol. The van der Waals surface area contributed by atoms with Crippen LogP contribution in [0.3, 0.4) is 0 Å². The van der Waals surface area contributed by atoms with Crippen molar-refractivity contribution < 1.29 is 22.7 Å². The normalized spacial score (nSPS) is 14.4. The van der Waals surface area contributed by atoms with Crippen LogP contribution in [0.25, 0.3) is 0 Å². The topological polar surface area (TPSA) is 67.4 Å². The molecular formula is C16H15F3N4O2. The van der Waals surface area contributed by atoms with Crippen molar-refractivity contribution in [3.05, 3.63) is 42.2 Å². The van der Waals surface area contributed by atoms with Gasteiger partial charge in [-0.1, -0.05) is 0 Å². The van der Waals surface area contributed by atoms with Crippen molar-refractivity contribution in [1.29, 1.82) is 0 Å². The van der Waals surface area contributed by atoms with Gasteiger partial charge in [0.2, 0.25) is 0 Å².